The second-order valence-electron chi connectivity index (χ2n) is 6.80. The Morgan fingerprint density at radius 2 is 1.52 bits per heavy atom. The van der Waals surface area contributed by atoms with Gasteiger partial charge >= 0.3 is 0 Å². The number of para-hydroxylation sites is 1. The molecule has 2 N–H and O–H groups in total. The molecule has 148 valence electrons. The molecule has 29 heavy (non-hydrogen) atoms. The minimum Gasteiger partial charge on any atom is -0.380 e. The minimum absolute atomic E-state index is 0.154. The zero-order valence-electron chi connectivity index (χ0n) is 16.1. The van der Waals surface area contributed by atoms with Crippen LogP contribution in [0.1, 0.15) is 11.1 Å². The Bertz CT molecular complexity index is 1210. The van der Waals surface area contributed by atoms with Crippen LogP contribution in [0.25, 0.3) is 22.0 Å². The molecule has 1 aromatic heterocycles. The third-order valence-electron chi connectivity index (χ3n) is 4.86. The highest BCUT2D eigenvalue weighted by molar-refractivity contribution is 7.89. The van der Waals surface area contributed by atoms with Crippen LogP contribution in [0.4, 0.5) is 0 Å². The number of hydrogen-bond acceptors (Lipinski definition) is 3. The molecule has 0 unspecified atom stereocenters. The number of aromatic nitrogens is 1. The van der Waals surface area contributed by atoms with Gasteiger partial charge in [-0.15, -0.1) is 0 Å². The lowest BCUT2D eigenvalue weighted by Crippen LogP contribution is -2.24. The highest BCUT2D eigenvalue weighted by Crippen LogP contribution is 2.26. The summed E-state index contributed by atoms with van der Waals surface area (Å²) in [6.45, 7) is 0.422. The molecule has 0 saturated heterocycles. The summed E-state index contributed by atoms with van der Waals surface area (Å²) in [4.78, 5) is 3.03. The van der Waals surface area contributed by atoms with Crippen LogP contribution in [-0.4, -0.2) is 20.5 Å². The van der Waals surface area contributed by atoms with Crippen molar-refractivity contribution in [2.45, 2.75) is 18.2 Å². The lowest BCUT2D eigenvalue weighted by atomic mass is 10.0. The maximum Gasteiger partial charge on any atom is 0.256 e. The maximum atomic E-state index is 13.0. The number of rotatable bonds is 7. The smallest absolute Gasteiger partial charge is 0.256 e. The first-order valence-electron chi connectivity index (χ1n) is 9.31. The van der Waals surface area contributed by atoms with Crippen LogP contribution in [0.2, 0.25) is 0 Å². The van der Waals surface area contributed by atoms with E-state index in [-0.39, 0.29) is 18.2 Å². The van der Waals surface area contributed by atoms with Gasteiger partial charge < -0.3 is 9.72 Å². The predicted molar refractivity (Wildman–Crippen MR) is 115 cm³/mol. The maximum absolute atomic E-state index is 13.0. The largest absolute Gasteiger partial charge is 0.380 e. The van der Waals surface area contributed by atoms with E-state index in [0.717, 1.165) is 27.6 Å². The number of methoxy groups -OCH3 is 1. The van der Waals surface area contributed by atoms with Gasteiger partial charge in [-0.1, -0.05) is 72.8 Å². The number of fused-ring (bicyclic) bond motifs is 1. The van der Waals surface area contributed by atoms with Crippen LogP contribution in [0.3, 0.4) is 0 Å². The van der Waals surface area contributed by atoms with Gasteiger partial charge in [0.15, 0.2) is 5.03 Å². The van der Waals surface area contributed by atoms with Crippen LogP contribution >= 0.6 is 0 Å². The number of ether oxygens (including phenoxy) is 1. The van der Waals surface area contributed by atoms with E-state index >= 15 is 0 Å². The Labute approximate surface area is 170 Å². The molecule has 0 amide bonds. The fourth-order valence-corrected chi connectivity index (χ4v) is 4.63. The highest BCUT2D eigenvalue weighted by Gasteiger charge is 2.23. The molecule has 0 radical (unpaired) electrons. The van der Waals surface area contributed by atoms with Gasteiger partial charge in [0.25, 0.3) is 10.0 Å². The van der Waals surface area contributed by atoms with E-state index in [2.05, 4.69) is 9.71 Å². The lowest BCUT2D eigenvalue weighted by Gasteiger charge is -2.09. The van der Waals surface area contributed by atoms with Gasteiger partial charge in [-0.25, -0.2) is 13.1 Å². The predicted octanol–water partition coefficient (Wildman–Crippen LogP) is 4.46. The molecule has 0 aliphatic heterocycles. The first-order valence-corrected chi connectivity index (χ1v) is 10.8. The van der Waals surface area contributed by atoms with Gasteiger partial charge in [0.1, 0.15) is 0 Å². The normalized spacial score (nSPS) is 11.8. The molecule has 0 saturated carbocycles. The van der Waals surface area contributed by atoms with Crippen molar-refractivity contribution in [2.75, 3.05) is 7.11 Å². The molecule has 1 heterocycles. The molecule has 0 fully saturated rings. The number of H-pyrrole nitrogens is 1. The monoisotopic (exact) mass is 406 g/mol. The molecule has 0 aliphatic carbocycles. The van der Waals surface area contributed by atoms with Crippen LogP contribution < -0.4 is 4.72 Å². The van der Waals surface area contributed by atoms with E-state index in [4.69, 9.17) is 4.74 Å². The molecular formula is C23H22N2O3S. The molecule has 6 heteroatoms. The molecule has 0 bridgehead atoms. The summed E-state index contributed by atoms with van der Waals surface area (Å²) in [5, 5.41) is 1.00. The topological polar surface area (TPSA) is 71.2 Å². The molecule has 0 aliphatic rings. The van der Waals surface area contributed by atoms with Crippen molar-refractivity contribution in [1.82, 2.24) is 9.71 Å². The van der Waals surface area contributed by atoms with Crippen molar-refractivity contribution in [1.29, 1.82) is 0 Å². The molecule has 3 aromatic carbocycles. The standard InChI is InChI=1S/C23H22N2O3S/c1-28-16-21-20-9-5-6-10-22(20)25-23(21)29(26,27)24-15-17-11-13-19(14-12-17)18-7-3-2-4-8-18/h2-14,24-25H,15-16H2,1H3. The Balaban J connectivity index is 1.55. The SMILES string of the molecule is COCc1c(S(=O)(=O)NCc2ccc(-c3ccccc3)cc2)[nH]c2ccccc12. The molecule has 4 rings (SSSR count). The summed E-state index contributed by atoms with van der Waals surface area (Å²) in [6, 6.07) is 25.4. The van der Waals surface area contributed by atoms with E-state index in [9.17, 15) is 8.42 Å². The summed E-state index contributed by atoms with van der Waals surface area (Å²) in [5.41, 5.74) is 4.51. The van der Waals surface area contributed by atoms with Crippen molar-refractivity contribution in [3.05, 3.63) is 90.0 Å². The van der Waals surface area contributed by atoms with Gasteiger partial charge in [0.2, 0.25) is 0 Å². The third-order valence-corrected chi connectivity index (χ3v) is 6.27. The molecule has 0 atom stereocenters. The molecule has 5 nitrogen and oxygen atoms in total. The average Bonchev–Trinajstić information content (AvgIpc) is 3.13. The summed E-state index contributed by atoms with van der Waals surface area (Å²) < 4.78 is 33.9. The fraction of sp³-hybridized carbons (Fsp3) is 0.130. The van der Waals surface area contributed by atoms with Crippen LogP contribution in [-0.2, 0) is 27.9 Å². The van der Waals surface area contributed by atoms with Crippen molar-refractivity contribution < 1.29 is 13.2 Å². The van der Waals surface area contributed by atoms with Crippen molar-refractivity contribution in [3.8, 4) is 11.1 Å². The summed E-state index contributed by atoms with van der Waals surface area (Å²) in [5.74, 6) is 0. The van der Waals surface area contributed by atoms with E-state index in [1.165, 1.54) is 0 Å². The van der Waals surface area contributed by atoms with Crippen molar-refractivity contribution in [2.24, 2.45) is 0 Å². The number of benzene rings is 3. The Morgan fingerprint density at radius 3 is 2.24 bits per heavy atom. The fourth-order valence-electron chi connectivity index (χ4n) is 3.39. The average molecular weight is 407 g/mol. The Hall–Kier alpha value is -2.93. The summed E-state index contributed by atoms with van der Waals surface area (Å²) in [7, 11) is -2.17. The quantitative estimate of drug-likeness (QED) is 0.476. The van der Waals surface area contributed by atoms with E-state index in [0.29, 0.717) is 5.56 Å². The molecule has 4 aromatic rings. The highest BCUT2D eigenvalue weighted by atomic mass is 32.2. The number of sulfonamides is 1. The number of nitrogens with one attached hydrogen (secondary N) is 2. The lowest BCUT2D eigenvalue weighted by molar-refractivity contribution is 0.183. The third kappa shape index (κ3) is 4.10. The zero-order valence-corrected chi connectivity index (χ0v) is 16.9. The van der Waals surface area contributed by atoms with Crippen molar-refractivity contribution in [3.63, 3.8) is 0 Å². The van der Waals surface area contributed by atoms with E-state index < -0.39 is 10.0 Å². The van der Waals surface area contributed by atoms with Gasteiger partial charge in [-0.2, -0.15) is 0 Å². The van der Waals surface area contributed by atoms with Gasteiger partial charge in [0, 0.05) is 30.1 Å². The Kier molecular flexibility index (Phi) is 5.49. The van der Waals surface area contributed by atoms with E-state index in [1.807, 2.05) is 78.9 Å². The van der Waals surface area contributed by atoms with Gasteiger partial charge in [0.05, 0.1) is 6.61 Å². The van der Waals surface area contributed by atoms with Gasteiger partial charge in [-0.05, 0) is 22.8 Å². The number of hydrogen-bond donors (Lipinski definition) is 2. The molecule has 0 spiro atoms. The summed E-state index contributed by atoms with van der Waals surface area (Å²) in [6.07, 6.45) is 0. The van der Waals surface area contributed by atoms with Crippen LogP contribution in [0, 0.1) is 0 Å². The first-order chi connectivity index (χ1) is 14.1. The number of aromatic amines is 1. The van der Waals surface area contributed by atoms with Crippen LogP contribution in [0.15, 0.2) is 83.9 Å². The second-order valence-corrected chi connectivity index (χ2v) is 8.50. The Morgan fingerprint density at radius 1 is 0.862 bits per heavy atom. The summed E-state index contributed by atoms with van der Waals surface area (Å²) >= 11 is 0. The second kappa shape index (κ2) is 8.21. The first kappa shape index (κ1) is 19.4. The minimum atomic E-state index is -3.72. The van der Waals surface area contributed by atoms with Crippen molar-refractivity contribution >= 4 is 20.9 Å². The van der Waals surface area contributed by atoms with Crippen LogP contribution in [0.5, 0.6) is 0 Å². The van der Waals surface area contributed by atoms with Gasteiger partial charge in [-0.3, -0.25) is 0 Å². The molecular weight excluding hydrogens is 384 g/mol. The van der Waals surface area contributed by atoms with E-state index in [1.54, 1.807) is 7.11 Å². The zero-order chi connectivity index (χ0) is 20.3.